The predicted molar refractivity (Wildman–Crippen MR) is 90.3 cm³/mol. The van der Waals surface area contributed by atoms with Crippen LogP contribution in [0.5, 0.6) is 0 Å². The quantitative estimate of drug-likeness (QED) is 0.725. The molecule has 0 spiro atoms. The minimum atomic E-state index is 0.457. The Kier molecular flexibility index (Phi) is 3.28. The van der Waals surface area contributed by atoms with Crippen LogP contribution in [0.15, 0.2) is 10.8 Å². The van der Waals surface area contributed by atoms with Crippen molar-refractivity contribution in [2.24, 2.45) is 0 Å². The Morgan fingerprint density at radius 3 is 2.54 bits per heavy atom. The maximum atomic E-state index is 4.81. The van der Waals surface area contributed by atoms with Crippen LogP contribution in [0.25, 0.3) is 11.3 Å². The first-order valence-corrected chi connectivity index (χ1v) is 9.13. The molecule has 0 amide bonds. The average Bonchev–Trinajstić information content (AvgIpc) is 3.29. The highest BCUT2D eigenvalue weighted by atomic mass is 32.2. The molecule has 0 bridgehead atoms. The average molecular weight is 344 g/mol. The number of fused-ring (bicyclic) bond motifs is 2. The molecule has 0 saturated carbocycles. The number of anilines is 2. The number of aromatic amines is 1. The molecule has 5 rings (SSSR count). The molecule has 124 valence electrons. The molecule has 0 atom stereocenters. The number of thioether (sulfide) groups is 1. The summed E-state index contributed by atoms with van der Waals surface area (Å²) in [5.74, 6) is 3.94. The van der Waals surface area contributed by atoms with Crippen molar-refractivity contribution in [3.8, 4) is 0 Å². The summed E-state index contributed by atoms with van der Waals surface area (Å²) < 4.78 is 4.81. The van der Waals surface area contributed by atoms with E-state index in [0.717, 1.165) is 55.7 Å². The Balaban J connectivity index is 1.58. The van der Waals surface area contributed by atoms with E-state index in [2.05, 4.69) is 30.3 Å². The normalized spacial score (nSPS) is 18.2. The molecular formula is C14H16N8OS. The van der Waals surface area contributed by atoms with Crippen molar-refractivity contribution in [1.29, 1.82) is 0 Å². The van der Waals surface area contributed by atoms with Gasteiger partial charge in [0.1, 0.15) is 0 Å². The Morgan fingerprint density at radius 1 is 1.00 bits per heavy atom. The monoisotopic (exact) mass is 344 g/mol. The van der Waals surface area contributed by atoms with Crippen molar-refractivity contribution in [2.45, 2.75) is 13.0 Å². The fourth-order valence-electron chi connectivity index (χ4n) is 3.22. The van der Waals surface area contributed by atoms with E-state index < -0.39 is 0 Å². The van der Waals surface area contributed by atoms with Crippen LogP contribution in [-0.2, 0) is 13.0 Å². The van der Waals surface area contributed by atoms with Crippen molar-refractivity contribution < 1.29 is 4.63 Å². The van der Waals surface area contributed by atoms with Gasteiger partial charge in [0.15, 0.2) is 11.6 Å². The highest BCUT2D eigenvalue weighted by Gasteiger charge is 2.27. The van der Waals surface area contributed by atoms with E-state index in [1.807, 2.05) is 18.0 Å². The van der Waals surface area contributed by atoms with Crippen LogP contribution in [0.2, 0.25) is 0 Å². The first-order chi connectivity index (χ1) is 11.9. The Bertz CT molecular complexity index is 871. The van der Waals surface area contributed by atoms with Gasteiger partial charge in [0.25, 0.3) is 0 Å². The topological polar surface area (TPSA) is 99.9 Å². The first kappa shape index (κ1) is 14.0. The third-order valence-corrected chi connectivity index (χ3v) is 5.43. The molecule has 3 aromatic rings. The maximum Gasteiger partial charge on any atom is 0.245 e. The lowest BCUT2D eigenvalue weighted by molar-refractivity contribution is 0.314. The predicted octanol–water partition coefficient (Wildman–Crippen LogP) is 0.852. The van der Waals surface area contributed by atoms with Crippen LogP contribution in [0.4, 0.5) is 11.6 Å². The van der Waals surface area contributed by atoms with Crippen molar-refractivity contribution in [3.05, 3.63) is 17.5 Å². The number of hydrogen-bond donors (Lipinski definition) is 1. The number of hydrogen-bond acceptors (Lipinski definition) is 9. The molecule has 0 radical (unpaired) electrons. The minimum Gasteiger partial charge on any atom is -0.352 e. The summed E-state index contributed by atoms with van der Waals surface area (Å²) in [6, 6.07) is 0. The highest BCUT2D eigenvalue weighted by molar-refractivity contribution is 7.99. The molecule has 1 N–H and O–H groups in total. The van der Waals surface area contributed by atoms with Gasteiger partial charge in [0.2, 0.25) is 11.3 Å². The molecule has 0 aliphatic carbocycles. The SMILES string of the molecule is c1n[nH]c2c1CN(c1nc3nonc3nc1N1CCSCC1)CC2. The lowest BCUT2D eigenvalue weighted by Crippen LogP contribution is -2.37. The molecule has 9 nitrogen and oxygen atoms in total. The van der Waals surface area contributed by atoms with Gasteiger partial charge < -0.3 is 9.80 Å². The van der Waals surface area contributed by atoms with Gasteiger partial charge >= 0.3 is 0 Å². The number of rotatable bonds is 2. The number of nitrogens with zero attached hydrogens (tertiary/aromatic N) is 7. The van der Waals surface area contributed by atoms with E-state index in [1.54, 1.807) is 0 Å². The van der Waals surface area contributed by atoms with Crippen LogP contribution in [-0.4, -0.2) is 61.6 Å². The minimum absolute atomic E-state index is 0.457. The largest absolute Gasteiger partial charge is 0.352 e. The molecule has 3 aromatic heterocycles. The van der Waals surface area contributed by atoms with Crippen molar-refractivity contribution in [3.63, 3.8) is 0 Å². The second-order valence-electron chi connectivity index (χ2n) is 5.93. The third kappa shape index (κ3) is 2.29. The van der Waals surface area contributed by atoms with Crippen LogP contribution in [0.3, 0.4) is 0 Å². The number of aromatic nitrogens is 6. The molecule has 1 fully saturated rings. The van der Waals surface area contributed by atoms with E-state index in [1.165, 1.54) is 11.3 Å². The van der Waals surface area contributed by atoms with Gasteiger partial charge in [-0.2, -0.15) is 16.9 Å². The zero-order valence-electron chi connectivity index (χ0n) is 13.0. The second kappa shape index (κ2) is 5.62. The Morgan fingerprint density at radius 2 is 1.75 bits per heavy atom. The Labute approximate surface area is 141 Å². The number of H-pyrrole nitrogens is 1. The van der Waals surface area contributed by atoms with E-state index in [9.17, 15) is 0 Å². The zero-order chi connectivity index (χ0) is 15.9. The van der Waals surface area contributed by atoms with E-state index in [-0.39, 0.29) is 0 Å². The zero-order valence-corrected chi connectivity index (χ0v) is 13.8. The van der Waals surface area contributed by atoms with Crippen LogP contribution < -0.4 is 9.80 Å². The van der Waals surface area contributed by atoms with Crippen LogP contribution in [0.1, 0.15) is 11.3 Å². The lowest BCUT2D eigenvalue weighted by Gasteiger charge is -2.33. The lowest BCUT2D eigenvalue weighted by atomic mass is 10.1. The summed E-state index contributed by atoms with van der Waals surface area (Å²) in [5.41, 5.74) is 3.34. The van der Waals surface area contributed by atoms with Crippen LogP contribution in [0, 0.1) is 0 Å². The van der Waals surface area contributed by atoms with E-state index >= 15 is 0 Å². The molecule has 24 heavy (non-hydrogen) atoms. The Hall–Kier alpha value is -2.36. The summed E-state index contributed by atoms with van der Waals surface area (Å²) in [6.45, 7) is 3.57. The van der Waals surface area contributed by atoms with E-state index in [0.29, 0.717) is 11.3 Å². The van der Waals surface area contributed by atoms with Crippen LogP contribution >= 0.6 is 11.8 Å². The highest BCUT2D eigenvalue weighted by Crippen LogP contribution is 2.32. The van der Waals surface area contributed by atoms with Gasteiger partial charge in [0.05, 0.1) is 6.20 Å². The molecular weight excluding hydrogens is 328 g/mol. The summed E-state index contributed by atoms with van der Waals surface area (Å²) in [7, 11) is 0. The van der Waals surface area contributed by atoms with Gasteiger partial charge in [-0.3, -0.25) is 5.10 Å². The third-order valence-electron chi connectivity index (χ3n) is 4.49. The molecule has 0 aromatic carbocycles. The molecule has 5 heterocycles. The fourth-order valence-corrected chi connectivity index (χ4v) is 4.13. The molecule has 2 aliphatic heterocycles. The van der Waals surface area contributed by atoms with Crippen molar-refractivity contribution in [1.82, 2.24) is 30.5 Å². The standard InChI is InChI=1S/C14H16N8OS/c1-2-22(8-9-7-15-18-10(1)9)14-13(21-3-5-24-6-4-21)16-11-12(17-14)20-23-19-11/h7H,1-6,8H2,(H,15,18). The summed E-state index contributed by atoms with van der Waals surface area (Å²) in [5, 5.41) is 14.9. The van der Waals surface area contributed by atoms with Gasteiger partial charge in [-0.25, -0.2) is 14.6 Å². The smallest absolute Gasteiger partial charge is 0.245 e. The second-order valence-corrected chi connectivity index (χ2v) is 7.15. The summed E-state index contributed by atoms with van der Waals surface area (Å²) >= 11 is 1.97. The maximum absolute atomic E-state index is 4.81. The van der Waals surface area contributed by atoms with Gasteiger partial charge in [0, 0.05) is 55.4 Å². The summed E-state index contributed by atoms with van der Waals surface area (Å²) in [6.07, 6.45) is 2.81. The van der Waals surface area contributed by atoms with Crippen molar-refractivity contribution in [2.75, 3.05) is 40.9 Å². The van der Waals surface area contributed by atoms with Gasteiger partial charge in [-0.1, -0.05) is 0 Å². The molecule has 10 heteroatoms. The van der Waals surface area contributed by atoms with Gasteiger partial charge in [-0.05, 0) is 10.3 Å². The molecule has 1 saturated heterocycles. The van der Waals surface area contributed by atoms with E-state index in [4.69, 9.17) is 14.6 Å². The molecule has 0 unspecified atom stereocenters. The first-order valence-electron chi connectivity index (χ1n) is 7.97. The fraction of sp³-hybridized carbons (Fsp3) is 0.500. The van der Waals surface area contributed by atoms with Gasteiger partial charge in [-0.15, -0.1) is 0 Å². The van der Waals surface area contributed by atoms with Crippen molar-refractivity contribution >= 4 is 34.7 Å². The molecule has 2 aliphatic rings. The summed E-state index contributed by atoms with van der Waals surface area (Å²) in [4.78, 5) is 13.9. The number of nitrogens with one attached hydrogen (secondary N) is 1.